The summed E-state index contributed by atoms with van der Waals surface area (Å²) in [7, 11) is 2.87. The Morgan fingerprint density at radius 2 is 1.80 bits per heavy atom. The summed E-state index contributed by atoms with van der Waals surface area (Å²) in [5, 5.41) is 2.73. The molecule has 0 saturated carbocycles. The molecular weight excluding hydrogens is 260 g/mol. The highest BCUT2D eigenvalue weighted by Crippen LogP contribution is 2.15. The van der Waals surface area contributed by atoms with Crippen LogP contribution >= 0.6 is 0 Å². The molecule has 1 aromatic rings. The first-order valence-corrected chi connectivity index (χ1v) is 6.26. The molecular formula is C14H20N2O4. The van der Waals surface area contributed by atoms with Crippen LogP contribution in [0.15, 0.2) is 24.3 Å². The number of nitrogens with zero attached hydrogens (tertiary/aromatic N) is 1. The van der Waals surface area contributed by atoms with Crippen molar-refractivity contribution in [2.45, 2.75) is 19.9 Å². The largest absolute Gasteiger partial charge is 0.497 e. The molecule has 0 aliphatic heterocycles. The van der Waals surface area contributed by atoms with Crippen LogP contribution in [0.5, 0.6) is 5.75 Å². The summed E-state index contributed by atoms with van der Waals surface area (Å²) in [5.41, 5.74) is 0.631. The molecule has 0 aliphatic rings. The van der Waals surface area contributed by atoms with Gasteiger partial charge < -0.3 is 19.7 Å². The zero-order valence-electron chi connectivity index (χ0n) is 12.2. The monoisotopic (exact) mass is 280 g/mol. The molecule has 0 spiro atoms. The lowest BCUT2D eigenvalue weighted by Crippen LogP contribution is -2.43. The van der Waals surface area contributed by atoms with Gasteiger partial charge in [0.25, 0.3) is 0 Å². The normalized spacial score (nSPS) is 10.1. The van der Waals surface area contributed by atoms with Gasteiger partial charge in [0.1, 0.15) is 12.3 Å². The molecule has 1 rings (SSSR count). The van der Waals surface area contributed by atoms with E-state index in [0.29, 0.717) is 11.4 Å². The number of rotatable bonds is 5. The van der Waals surface area contributed by atoms with E-state index in [0.717, 1.165) is 0 Å². The highest BCUT2D eigenvalue weighted by molar-refractivity contribution is 5.91. The number of urea groups is 1. The average molecular weight is 280 g/mol. The van der Waals surface area contributed by atoms with Crippen molar-refractivity contribution in [3.63, 3.8) is 0 Å². The quantitative estimate of drug-likeness (QED) is 0.839. The summed E-state index contributed by atoms with van der Waals surface area (Å²) in [6.07, 6.45) is 0. The topological polar surface area (TPSA) is 67.9 Å². The van der Waals surface area contributed by atoms with E-state index in [4.69, 9.17) is 4.74 Å². The van der Waals surface area contributed by atoms with Crippen LogP contribution in [-0.2, 0) is 9.53 Å². The minimum Gasteiger partial charge on any atom is -0.497 e. The Morgan fingerprint density at radius 3 is 2.25 bits per heavy atom. The van der Waals surface area contributed by atoms with Crippen LogP contribution < -0.4 is 10.1 Å². The Bertz CT molecular complexity index is 457. The van der Waals surface area contributed by atoms with Crippen molar-refractivity contribution >= 4 is 17.7 Å². The second-order valence-corrected chi connectivity index (χ2v) is 4.46. The van der Waals surface area contributed by atoms with Crippen molar-refractivity contribution in [3.05, 3.63) is 24.3 Å². The van der Waals surface area contributed by atoms with E-state index in [9.17, 15) is 9.59 Å². The van der Waals surface area contributed by atoms with E-state index < -0.39 is 5.97 Å². The number of benzene rings is 1. The zero-order valence-corrected chi connectivity index (χ0v) is 12.2. The first-order chi connectivity index (χ1) is 9.47. The van der Waals surface area contributed by atoms with Crippen molar-refractivity contribution in [1.82, 2.24) is 4.90 Å². The maximum Gasteiger partial charge on any atom is 0.325 e. The van der Waals surface area contributed by atoms with E-state index in [1.807, 2.05) is 13.8 Å². The van der Waals surface area contributed by atoms with Gasteiger partial charge in [-0.1, -0.05) is 0 Å². The van der Waals surface area contributed by atoms with E-state index >= 15 is 0 Å². The van der Waals surface area contributed by atoms with Crippen LogP contribution in [0.3, 0.4) is 0 Å². The fraction of sp³-hybridized carbons (Fsp3) is 0.429. The number of anilines is 1. The Kier molecular flexibility index (Phi) is 5.83. The van der Waals surface area contributed by atoms with E-state index in [1.165, 1.54) is 12.0 Å². The number of ether oxygens (including phenoxy) is 2. The number of hydrogen-bond donors (Lipinski definition) is 1. The fourth-order valence-electron chi connectivity index (χ4n) is 1.56. The maximum atomic E-state index is 12.1. The van der Waals surface area contributed by atoms with Crippen LogP contribution in [0.1, 0.15) is 13.8 Å². The molecule has 0 aliphatic carbocycles. The third-order valence-corrected chi connectivity index (χ3v) is 2.75. The van der Waals surface area contributed by atoms with Crippen molar-refractivity contribution in [1.29, 1.82) is 0 Å². The van der Waals surface area contributed by atoms with Gasteiger partial charge in [0, 0.05) is 11.7 Å². The first kappa shape index (κ1) is 15.8. The number of amides is 2. The highest BCUT2D eigenvalue weighted by Gasteiger charge is 2.20. The standard InChI is InChI=1S/C14H20N2O4/c1-10(2)16(9-13(17)20-4)14(18)15-11-5-7-12(19-3)8-6-11/h5-8,10H,9H2,1-4H3,(H,15,18). The number of carbonyl (C=O) groups is 2. The van der Waals surface area contributed by atoms with E-state index in [1.54, 1.807) is 31.4 Å². The smallest absolute Gasteiger partial charge is 0.325 e. The molecule has 2 amide bonds. The van der Waals surface area contributed by atoms with Gasteiger partial charge in [-0.15, -0.1) is 0 Å². The van der Waals surface area contributed by atoms with E-state index in [-0.39, 0.29) is 18.6 Å². The van der Waals surface area contributed by atoms with Gasteiger partial charge in [-0.2, -0.15) is 0 Å². The first-order valence-electron chi connectivity index (χ1n) is 6.26. The minimum absolute atomic E-state index is 0.0871. The van der Waals surface area contributed by atoms with Gasteiger partial charge in [0.15, 0.2) is 0 Å². The molecule has 6 heteroatoms. The van der Waals surface area contributed by atoms with Gasteiger partial charge in [-0.3, -0.25) is 4.79 Å². The summed E-state index contributed by atoms with van der Waals surface area (Å²) in [6, 6.07) is 6.48. The van der Waals surface area contributed by atoms with Crippen molar-refractivity contribution in [3.8, 4) is 5.75 Å². The SMILES string of the molecule is COC(=O)CN(C(=O)Nc1ccc(OC)cc1)C(C)C. The third kappa shape index (κ3) is 4.46. The Labute approximate surface area is 118 Å². The Morgan fingerprint density at radius 1 is 1.20 bits per heavy atom. The molecule has 20 heavy (non-hydrogen) atoms. The van der Waals surface area contributed by atoms with Crippen molar-refractivity contribution in [2.24, 2.45) is 0 Å². The summed E-state index contributed by atoms with van der Waals surface area (Å²) in [5.74, 6) is 0.252. The number of hydrogen-bond acceptors (Lipinski definition) is 4. The summed E-state index contributed by atoms with van der Waals surface area (Å²) in [6.45, 7) is 3.57. The van der Waals surface area contributed by atoms with Crippen LogP contribution in [0, 0.1) is 0 Å². The molecule has 0 fully saturated rings. The van der Waals surface area contributed by atoms with Crippen LogP contribution in [0.2, 0.25) is 0 Å². The summed E-state index contributed by atoms with van der Waals surface area (Å²) >= 11 is 0. The van der Waals surface area contributed by atoms with Gasteiger partial charge in [-0.05, 0) is 38.1 Å². The maximum absolute atomic E-state index is 12.1. The number of carbonyl (C=O) groups excluding carboxylic acids is 2. The molecule has 0 atom stereocenters. The van der Waals surface area contributed by atoms with Gasteiger partial charge in [-0.25, -0.2) is 4.79 Å². The van der Waals surface area contributed by atoms with Crippen LogP contribution in [0.25, 0.3) is 0 Å². The molecule has 0 unspecified atom stereocenters. The van der Waals surface area contributed by atoms with Gasteiger partial charge >= 0.3 is 12.0 Å². The van der Waals surface area contributed by atoms with Crippen molar-refractivity contribution < 1.29 is 19.1 Å². The highest BCUT2D eigenvalue weighted by atomic mass is 16.5. The third-order valence-electron chi connectivity index (χ3n) is 2.75. The molecule has 0 aromatic heterocycles. The van der Waals surface area contributed by atoms with Gasteiger partial charge in [0.05, 0.1) is 14.2 Å². The number of nitrogens with one attached hydrogen (secondary N) is 1. The summed E-state index contributed by atoms with van der Waals surface area (Å²) in [4.78, 5) is 24.8. The molecule has 1 N–H and O–H groups in total. The van der Waals surface area contributed by atoms with Gasteiger partial charge in [0.2, 0.25) is 0 Å². The van der Waals surface area contributed by atoms with E-state index in [2.05, 4.69) is 10.1 Å². The van der Waals surface area contributed by atoms with Crippen LogP contribution in [-0.4, -0.2) is 43.7 Å². The molecule has 0 heterocycles. The molecule has 0 bridgehead atoms. The lowest BCUT2D eigenvalue weighted by atomic mass is 10.3. The second-order valence-electron chi connectivity index (χ2n) is 4.46. The lowest BCUT2D eigenvalue weighted by Gasteiger charge is -2.25. The van der Waals surface area contributed by atoms with Crippen LogP contribution in [0.4, 0.5) is 10.5 Å². The number of methoxy groups -OCH3 is 2. The Balaban J connectivity index is 2.72. The predicted octanol–water partition coefficient (Wildman–Crippen LogP) is 2.11. The zero-order chi connectivity index (χ0) is 15.1. The molecule has 110 valence electrons. The fourth-order valence-corrected chi connectivity index (χ4v) is 1.56. The van der Waals surface area contributed by atoms with Crippen molar-refractivity contribution in [2.75, 3.05) is 26.1 Å². The Hall–Kier alpha value is -2.24. The molecule has 0 radical (unpaired) electrons. The average Bonchev–Trinajstić information content (AvgIpc) is 2.44. The molecule has 6 nitrogen and oxygen atoms in total. The molecule has 0 saturated heterocycles. The number of esters is 1. The lowest BCUT2D eigenvalue weighted by molar-refractivity contribution is -0.141. The molecule has 1 aromatic carbocycles. The second kappa shape index (κ2) is 7.37. The predicted molar refractivity (Wildman–Crippen MR) is 75.9 cm³/mol. The summed E-state index contributed by atoms with van der Waals surface area (Å²) < 4.78 is 9.63. The minimum atomic E-state index is -0.455.